The lowest BCUT2D eigenvalue weighted by molar-refractivity contribution is -0.122. The first kappa shape index (κ1) is 25.6. The minimum atomic E-state index is 0.142. The molecule has 1 fully saturated rings. The van der Waals surface area contributed by atoms with Gasteiger partial charge in [-0.2, -0.15) is 0 Å². The number of Topliss-reactive ketones (excluding diaryl/α,β-unsaturated/α-hetero) is 1. The van der Waals surface area contributed by atoms with Crippen LogP contribution < -0.4 is 10.6 Å². The van der Waals surface area contributed by atoms with Gasteiger partial charge in [-0.25, -0.2) is 0 Å². The van der Waals surface area contributed by atoms with Crippen LogP contribution in [0.4, 0.5) is 0 Å². The maximum absolute atomic E-state index is 12.4. The third kappa shape index (κ3) is 9.37. The molecule has 0 amide bonds. The predicted molar refractivity (Wildman–Crippen MR) is 122 cm³/mol. The van der Waals surface area contributed by atoms with Gasteiger partial charge in [0.2, 0.25) is 0 Å². The Morgan fingerprint density at radius 3 is 1.82 bits per heavy atom. The van der Waals surface area contributed by atoms with E-state index in [1.165, 1.54) is 32.4 Å². The molecule has 1 rings (SSSR count). The summed E-state index contributed by atoms with van der Waals surface area (Å²) in [6.45, 7) is 22.0. The molecule has 1 saturated heterocycles. The summed E-state index contributed by atoms with van der Waals surface area (Å²) in [5.41, 5.74) is 0.157. The summed E-state index contributed by atoms with van der Waals surface area (Å²) in [5.74, 6) is 1.32. The molecule has 0 aliphatic carbocycles. The Labute approximate surface area is 175 Å². The van der Waals surface area contributed by atoms with Gasteiger partial charge in [-0.05, 0) is 64.0 Å². The number of carbonyl (C=O) groups is 1. The molecule has 2 N–H and O–H groups in total. The highest BCUT2D eigenvalue weighted by Crippen LogP contribution is 2.36. The predicted octanol–water partition coefficient (Wildman–Crippen LogP) is 4.48. The van der Waals surface area contributed by atoms with Crippen LogP contribution in [0.5, 0.6) is 0 Å². The maximum Gasteiger partial charge on any atom is 0.135 e. The molecule has 28 heavy (non-hydrogen) atoms. The quantitative estimate of drug-likeness (QED) is 0.482. The summed E-state index contributed by atoms with van der Waals surface area (Å²) in [6, 6.07) is 1.60. The summed E-state index contributed by atoms with van der Waals surface area (Å²) in [4.78, 5) is 15.0. The number of likely N-dealkylation sites (tertiary alicyclic amines) is 1. The van der Waals surface area contributed by atoms with E-state index >= 15 is 0 Å². The minimum absolute atomic E-state index is 0.142. The third-order valence-corrected chi connectivity index (χ3v) is 6.42. The van der Waals surface area contributed by atoms with Crippen LogP contribution in [0, 0.1) is 17.3 Å². The van der Waals surface area contributed by atoms with Crippen molar-refractivity contribution in [2.24, 2.45) is 17.3 Å². The van der Waals surface area contributed by atoms with Gasteiger partial charge in [-0.15, -0.1) is 0 Å². The second-order valence-corrected chi connectivity index (χ2v) is 10.5. The number of piperidine rings is 1. The van der Waals surface area contributed by atoms with E-state index in [4.69, 9.17) is 0 Å². The minimum Gasteiger partial charge on any atom is -0.314 e. The average molecular weight is 396 g/mol. The fourth-order valence-corrected chi connectivity index (χ4v) is 4.29. The van der Waals surface area contributed by atoms with Crippen molar-refractivity contribution >= 4 is 5.78 Å². The molecule has 0 aromatic carbocycles. The fraction of sp³-hybridized carbons (Fsp3) is 0.958. The van der Waals surface area contributed by atoms with Crippen LogP contribution in [0.3, 0.4) is 0 Å². The van der Waals surface area contributed by atoms with E-state index in [9.17, 15) is 4.79 Å². The third-order valence-electron chi connectivity index (χ3n) is 6.42. The smallest absolute Gasteiger partial charge is 0.135 e. The summed E-state index contributed by atoms with van der Waals surface area (Å²) >= 11 is 0. The van der Waals surface area contributed by atoms with Crippen molar-refractivity contribution in [3.8, 4) is 0 Å². The van der Waals surface area contributed by atoms with Crippen molar-refractivity contribution in [2.75, 3.05) is 26.2 Å². The van der Waals surface area contributed by atoms with Crippen molar-refractivity contribution in [1.82, 2.24) is 15.5 Å². The number of nitrogens with one attached hydrogen (secondary N) is 2. The van der Waals surface area contributed by atoms with Gasteiger partial charge in [0.1, 0.15) is 5.78 Å². The fourth-order valence-electron chi connectivity index (χ4n) is 4.29. The second kappa shape index (κ2) is 12.3. The first-order chi connectivity index (χ1) is 13.0. The molecule has 1 heterocycles. The van der Waals surface area contributed by atoms with Gasteiger partial charge < -0.3 is 15.5 Å². The molecule has 0 radical (unpaired) electrons. The molecule has 4 nitrogen and oxygen atoms in total. The average Bonchev–Trinajstić information content (AvgIpc) is 2.62. The molecule has 0 saturated carbocycles. The van der Waals surface area contributed by atoms with Crippen LogP contribution in [0.25, 0.3) is 0 Å². The van der Waals surface area contributed by atoms with Crippen molar-refractivity contribution in [2.45, 2.75) is 106 Å². The molecule has 0 aromatic rings. The number of hydrogen-bond donors (Lipinski definition) is 2. The van der Waals surface area contributed by atoms with E-state index < -0.39 is 0 Å². The normalized spacial score (nSPS) is 17.4. The van der Waals surface area contributed by atoms with Crippen LogP contribution in [-0.4, -0.2) is 55.0 Å². The molecule has 0 atom stereocenters. The molecule has 0 bridgehead atoms. The van der Waals surface area contributed by atoms with E-state index in [1.807, 2.05) is 13.8 Å². The zero-order chi connectivity index (χ0) is 21.3. The van der Waals surface area contributed by atoms with Crippen LogP contribution >= 0.6 is 0 Å². The largest absolute Gasteiger partial charge is 0.314 e. The molecule has 166 valence electrons. The van der Waals surface area contributed by atoms with Gasteiger partial charge in [0.25, 0.3) is 0 Å². The topological polar surface area (TPSA) is 44.4 Å². The standard InChI is InChI=1S/C24H49N3O/c1-18(2)23(28)9-12-24(16-25-19(3)4,17-26-20(5)6)15-22-10-13-27(14-11-22)21(7)8/h18-22,25-26H,9-17H2,1-8H3. The molecule has 1 aliphatic heterocycles. The zero-order valence-corrected chi connectivity index (χ0v) is 20.1. The first-order valence-corrected chi connectivity index (χ1v) is 11.8. The Morgan fingerprint density at radius 1 is 0.929 bits per heavy atom. The van der Waals surface area contributed by atoms with Gasteiger partial charge in [0.05, 0.1) is 0 Å². The Morgan fingerprint density at radius 2 is 1.43 bits per heavy atom. The lowest BCUT2D eigenvalue weighted by atomic mass is 9.72. The van der Waals surface area contributed by atoms with Crippen molar-refractivity contribution < 1.29 is 4.79 Å². The Kier molecular flexibility index (Phi) is 11.2. The second-order valence-electron chi connectivity index (χ2n) is 10.5. The SMILES string of the molecule is CC(C)NCC(CCC(=O)C(C)C)(CNC(C)C)CC1CCN(C(C)C)CC1. The molecular weight excluding hydrogens is 346 g/mol. The van der Waals surface area contributed by atoms with Crippen molar-refractivity contribution in [1.29, 1.82) is 0 Å². The zero-order valence-electron chi connectivity index (χ0n) is 20.1. The first-order valence-electron chi connectivity index (χ1n) is 11.8. The molecule has 0 aromatic heterocycles. The summed E-state index contributed by atoms with van der Waals surface area (Å²) < 4.78 is 0. The van der Waals surface area contributed by atoms with Gasteiger partial charge in [-0.1, -0.05) is 41.5 Å². The molecular formula is C24H49N3O. The molecule has 4 heteroatoms. The molecule has 0 unspecified atom stereocenters. The number of hydrogen-bond acceptors (Lipinski definition) is 4. The van der Waals surface area contributed by atoms with Crippen molar-refractivity contribution in [3.63, 3.8) is 0 Å². The Balaban J connectivity index is 2.88. The highest BCUT2D eigenvalue weighted by molar-refractivity contribution is 5.80. The molecule has 1 aliphatic rings. The number of ketones is 1. The summed E-state index contributed by atoms with van der Waals surface area (Å²) in [5, 5.41) is 7.44. The van der Waals surface area contributed by atoms with Gasteiger partial charge in [0.15, 0.2) is 0 Å². The van der Waals surface area contributed by atoms with Crippen LogP contribution in [0.1, 0.15) is 87.5 Å². The number of rotatable bonds is 13. The Bertz CT molecular complexity index is 425. The number of nitrogens with zero attached hydrogens (tertiary/aromatic N) is 1. The highest BCUT2D eigenvalue weighted by Gasteiger charge is 2.35. The van der Waals surface area contributed by atoms with Crippen LogP contribution in [-0.2, 0) is 4.79 Å². The summed E-state index contributed by atoms with van der Waals surface area (Å²) in [7, 11) is 0. The van der Waals surface area contributed by atoms with Crippen LogP contribution in [0.2, 0.25) is 0 Å². The number of carbonyl (C=O) groups excluding carboxylic acids is 1. The van der Waals surface area contributed by atoms with E-state index in [-0.39, 0.29) is 11.3 Å². The monoisotopic (exact) mass is 395 g/mol. The lowest BCUT2D eigenvalue weighted by Crippen LogP contribution is -2.48. The van der Waals surface area contributed by atoms with Gasteiger partial charge in [-0.3, -0.25) is 4.79 Å². The van der Waals surface area contributed by atoms with Gasteiger partial charge >= 0.3 is 0 Å². The Hall–Kier alpha value is -0.450. The van der Waals surface area contributed by atoms with E-state index in [2.05, 4.69) is 57.1 Å². The van der Waals surface area contributed by atoms with E-state index in [0.717, 1.165) is 25.4 Å². The van der Waals surface area contributed by atoms with E-state index in [0.29, 0.717) is 30.3 Å². The highest BCUT2D eigenvalue weighted by atomic mass is 16.1. The van der Waals surface area contributed by atoms with Gasteiger partial charge in [0, 0.05) is 43.6 Å². The summed E-state index contributed by atoms with van der Waals surface area (Å²) in [6.07, 6.45) is 5.52. The lowest BCUT2D eigenvalue weighted by Gasteiger charge is -2.42. The van der Waals surface area contributed by atoms with Crippen LogP contribution in [0.15, 0.2) is 0 Å². The van der Waals surface area contributed by atoms with Crippen molar-refractivity contribution in [3.05, 3.63) is 0 Å². The molecule has 0 spiro atoms. The van der Waals surface area contributed by atoms with E-state index in [1.54, 1.807) is 0 Å². The maximum atomic E-state index is 12.4.